The molecule has 0 aromatic heterocycles. The standard InChI is InChI=1S/C24H29N3O3/c1-24(2,3)19-10-6-16(7-11-19)21(28)25-14-15-26-22(29)17-8-12-20(13-9-17)27-23(30)18-4-5-18/h6-13,18H,4-5,14-15H2,1-3H3,(H,25,28)(H,26,29)(H,27,30). The summed E-state index contributed by atoms with van der Waals surface area (Å²) < 4.78 is 0. The molecule has 0 atom stereocenters. The zero-order valence-corrected chi connectivity index (χ0v) is 17.7. The monoisotopic (exact) mass is 407 g/mol. The van der Waals surface area contributed by atoms with E-state index in [1.807, 2.05) is 24.3 Å². The van der Waals surface area contributed by atoms with Crippen molar-refractivity contribution in [2.45, 2.75) is 39.0 Å². The van der Waals surface area contributed by atoms with Gasteiger partial charge in [-0.25, -0.2) is 0 Å². The van der Waals surface area contributed by atoms with Gasteiger partial charge in [0.1, 0.15) is 0 Å². The number of carbonyl (C=O) groups is 3. The Morgan fingerprint density at radius 1 is 0.800 bits per heavy atom. The largest absolute Gasteiger partial charge is 0.350 e. The number of amides is 3. The molecular weight excluding hydrogens is 378 g/mol. The van der Waals surface area contributed by atoms with Crippen molar-refractivity contribution in [1.82, 2.24) is 10.6 Å². The van der Waals surface area contributed by atoms with Crippen LogP contribution in [0.5, 0.6) is 0 Å². The van der Waals surface area contributed by atoms with Gasteiger partial charge in [-0.3, -0.25) is 14.4 Å². The second-order valence-electron chi connectivity index (χ2n) is 8.68. The van der Waals surface area contributed by atoms with E-state index in [-0.39, 0.29) is 29.1 Å². The van der Waals surface area contributed by atoms with Crippen LogP contribution in [0.25, 0.3) is 0 Å². The molecule has 30 heavy (non-hydrogen) atoms. The highest BCUT2D eigenvalue weighted by Crippen LogP contribution is 2.30. The van der Waals surface area contributed by atoms with Gasteiger partial charge in [-0.05, 0) is 60.2 Å². The van der Waals surface area contributed by atoms with Gasteiger partial charge >= 0.3 is 0 Å². The Kier molecular flexibility index (Phi) is 6.55. The molecule has 1 aliphatic rings. The molecule has 0 aliphatic heterocycles. The zero-order valence-electron chi connectivity index (χ0n) is 17.7. The maximum atomic E-state index is 12.2. The Labute approximate surface area is 177 Å². The van der Waals surface area contributed by atoms with Gasteiger partial charge in [-0.2, -0.15) is 0 Å². The van der Waals surface area contributed by atoms with E-state index in [9.17, 15) is 14.4 Å². The molecule has 0 heterocycles. The molecular formula is C24H29N3O3. The Bertz CT molecular complexity index is 908. The first-order chi connectivity index (χ1) is 14.2. The first-order valence-corrected chi connectivity index (χ1v) is 10.3. The molecule has 0 saturated heterocycles. The van der Waals surface area contributed by atoms with Crippen LogP contribution in [0.2, 0.25) is 0 Å². The summed E-state index contributed by atoms with van der Waals surface area (Å²) in [5.41, 5.74) is 3.00. The molecule has 0 radical (unpaired) electrons. The fourth-order valence-corrected chi connectivity index (χ4v) is 2.97. The Balaban J connectivity index is 1.40. The average Bonchev–Trinajstić information content (AvgIpc) is 3.56. The minimum Gasteiger partial charge on any atom is -0.350 e. The van der Waals surface area contributed by atoms with Crippen LogP contribution in [-0.4, -0.2) is 30.8 Å². The first kappa shape index (κ1) is 21.6. The molecule has 0 bridgehead atoms. The van der Waals surface area contributed by atoms with Crippen LogP contribution >= 0.6 is 0 Å². The Morgan fingerprint density at radius 2 is 1.27 bits per heavy atom. The van der Waals surface area contributed by atoms with Crippen LogP contribution in [-0.2, 0) is 10.2 Å². The molecule has 158 valence electrons. The van der Waals surface area contributed by atoms with Crippen LogP contribution < -0.4 is 16.0 Å². The summed E-state index contributed by atoms with van der Waals surface area (Å²) in [6, 6.07) is 14.4. The van der Waals surface area contributed by atoms with E-state index >= 15 is 0 Å². The lowest BCUT2D eigenvalue weighted by atomic mass is 9.87. The Hall–Kier alpha value is -3.15. The molecule has 2 aromatic carbocycles. The molecule has 0 spiro atoms. The number of nitrogens with one attached hydrogen (secondary N) is 3. The number of hydrogen-bond acceptors (Lipinski definition) is 3. The summed E-state index contributed by atoms with van der Waals surface area (Å²) in [7, 11) is 0. The van der Waals surface area contributed by atoms with E-state index in [2.05, 4.69) is 36.7 Å². The fraction of sp³-hybridized carbons (Fsp3) is 0.375. The molecule has 2 aromatic rings. The summed E-state index contributed by atoms with van der Waals surface area (Å²) in [5.74, 6) is -0.213. The van der Waals surface area contributed by atoms with Crippen molar-refractivity contribution in [2.24, 2.45) is 5.92 Å². The summed E-state index contributed by atoms with van der Waals surface area (Å²) in [4.78, 5) is 36.2. The smallest absolute Gasteiger partial charge is 0.251 e. The van der Waals surface area contributed by atoms with E-state index in [0.717, 1.165) is 12.8 Å². The Morgan fingerprint density at radius 3 is 1.70 bits per heavy atom. The second-order valence-corrected chi connectivity index (χ2v) is 8.68. The van der Waals surface area contributed by atoms with Gasteiger partial charge in [0.05, 0.1) is 0 Å². The topological polar surface area (TPSA) is 87.3 Å². The van der Waals surface area contributed by atoms with E-state index in [1.165, 1.54) is 5.56 Å². The summed E-state index contributed by atoms with van der Waals surface area (Å²) >= 11 is 0. The number of rotatable bonds is 7. The highest BCUT2D eigenvalue weighted by atomic mass is 16.2. The third-order valence-corrected chi connectivity index (χ3v) is 5.07. The highest BCUT2D eigenvalue weighted by Gasteiger charge is 2.29. The van der Waals surface area contributed by atoms with E-state index in [4.69, 9.17) is 0 Å². The molecule has 3 rings (SSSR count). The molecule has 3 N–H and O–H groups in total. The lowest BCUT2D eigenvalue weighted by Crippen LogP contribution is -2.34. The lowest BCUT2D eigenvalue weighted by Gasteiger charge is -2.19. The van der Waals surface area contributed by atoms with Crippen LogP contribution in [0.1, 0.15) is 59.9 Å². The van der Waals surface area contributed by atoms with Gasteiger partial charge < -0.3 is 16.0 Å². The third kappa shape index (κ3) is 5.92. The van der Waals surface area contributed by atoms with Crippen molar-refractivity contribution in [3.05, 3.63) is 65.2 Å². The van der Waals surface area contributed by atoms with Crippen molar-refractivity contribution in [2.75, 3.05) is 18.4 Å². The van der Waals surface area contributed by atoms with Crippen LogP contribution in [0.15, 0.2) is 48.5 Å². The summed E-state index contributed by atoms with van der Waals surface area (Å²) in [6.45, 7) is 7.04. The van der Waals surface area contributed by atoms with Crippen LogP contribution in [0, 0.1) is 5.92 Å². The van der Waals surface area contributed by atoms with Gasteiger partial charge in [0, 0.05) is 35.8 Å². The molecule has 3 amide bonds. The van der Waals surface area contributed by atoms with Gasteiger partial charge in [0.15, 0.2) is 0 Å². The van der Waals surface area contributed by atoms with Crippen LogP contribution in [0.4, 0.5) is 5.69 Å². The average molecular weight is 408 g/mol. The summed E-state index contributed by atoms with van der Waals surface area (Å²) in [5, 5.41) is 8.44. The van der Waals surface area contributed by atoms with Crippen molar-refractivity contribution < 1.29 is 14.4 Å². The number of carbonyl (C=O) groups excluding carboxylic acids is 3. The van der Waals surface area contributed by atoms with E-state index in [0.29, 0.717) is 29.9 Å². The first-order valence-electron chi connectivity index (χ1n) is 10.3. The number of benzene rings is 2. The second kappa shape index (κ2) is 9.11. The normalized spacial score (nSPS) is 13.4. The van der Waals surface area contributed by atoms with E-state index < -0.39 is 0 Å². The SMILES string of the molecule is CC(C)(C)c1ccc(C(=O)NCCNC(=O)c2ccc(NC(=O)C3CC3)cc2)cc1. The molecule has 1 saturated carbocycles. The van der Waals surface area contributed by atoms with Crippen molar-refractivity contribution >= 4 is 23.4 Å². The number of anilines is 1. The minimum absolute atomic E-state index is 0.0380. The van der Waals surface area contributed by atoms with Crippen LogP contribution in [0.3, 0.4) is 0 Å². The predicted molar refractivity (Wildman–Crippen MR) is 118 cm³/mol. The van der Waals surface area contributed by atoms with Crippen molar-refractivity contribution in [3.63, 3.8) is 0 Å². The summed E-state index contributed by atoms with van der Waals surface area (Å²) in [6.07, 6.45) is 1.90. The highest BCUT2D eigenvalue weighted by molar-refractivity contribution is 5.97. The molecule has 6 heteroatoms. The molecule has 1 fully saturated rings. The molecule has 6 nitrogen and oxygen atoms in total. The minimum atomic E-state index is -0.223. The maximum absolute atomic E-state index is 12.2. The maximum Gasteiger partial charge on any atom is 0.251 e. The fourth-order valence-electron chi connectivity index (χ4n) is 2.97. The van der Waals surface area contributed by atoms with Crippen molar-refractivity contribution in [3.8, 4) is 0 Å². The third-order valence-electron chi connectivity index (χ3n) is 5.07. The molecule has 0 unspecified atom stereocenters. The number of hydrogen-bond donors (Lipinski definition) is 3. The van der Waals surface area contributed by atoms with E-state index in [1.54, 1.807) is 24.3 Å². The van der Waals surface area contributed by atoms with Gasteiger partial charge in [0.25, 0.3) is 11.8 Å². The predicted octanol–water partition coefficient (Wildman–Crippen LogP) is 3.49. The molecule has 1 aliphatic carbocycles. The quantitative estimate of drug-likeness (QED) is 0.614. The lowest BCUT2D eigenvalue weighted by molar-refractivity contribution is -0.117. The van der Waals surface area contributed by atoms with Gasteiger partial charge in [0.2, 0.25) is 5.91 Å². The van der Waals surface area contributed by atoms with Gasteiger partial charge in [-0.1, -0.05) is 32.9 Å². The van der Waals surface area contributed by atoms with Crippen molar-refractivity contribution in [1.29, 1.82) is 0 Å². The zero-order chi connectivity index (χ0) is 21.7. The van der Waals surface area contributed by atoms with Gasteiger partial charge in [-0.15, -0.1) is 0 Å².